The highest BCUT2D eigenvalue weighted by Gasteiger charge is 2.29. The highest BCUT2D eigenvalue weighted by molar-refractivity contribution is 6.30. The van der Waals surface area contributed by atoms with E-state index in [1.54, 1.807) is 0 Å². The lowest BCUT2D eigenvalue weighted by Gasteiger charge is -2.12. The molecule has 0 radical (unpaired) electrons. The van der Waals surface area contributed by atoms with Crippen molar-refractivity contribution in [3.05, 3.63) is 106 Å². The number of anilines is 1. The molecule has 1 amide bonds. The molecular weight excluding hydrogens is 490 g/mol. The lowest BCUT2D eigenvalue weighted by Crippen LogP contribution is -2.15. The van der Waals surface area contributed by atoms with Gasteiger partial charge in [0, 0.05) is 34.6 Å². The number of aryl methyl sites for hydroxylation is 3. The van der Waals surface area contributed by atoms with Gasteiger partial charge in [0.05, 0.1) is 5.69 Å². The average Bonchev–Trinajstić information content (AvgIpc) is 3.32. The van der Waals surface area contributed by atoms with Crippen LogP contribution in [0.5, 0.6) is 0 Å². The number of nitrogens with one attached hydrogen (secondary N) is 1. The zero-order chi connectivity index (χ0) is 26.4. The standard InChI is InChI=1S/C33H32ClN3O/c1-21(2)23-10-12-25(13-11-23)30-28-9-4-5-18-36-29(24-14-16-26(34)17-15-24)20-37(33(28)36)31(30)32(38)35-27-8-6-7-22(3)19-27/h6-8,10-17,19-21H,4-5,9,18H2,1-3H3,(H,35,38). The van der Waals surface area contributed by atoms with Crippen LogP contribution in [-0.4, -0.2) is 14.9 Å². The van der Waals surface area contributed by atoms with Gasteiger partial charge in [-0.25, -0.2) is 0 Å². The first-order valence-corrected chi connectivity index (χ1v) is 13.8. The van der Waals surface area contributed by atoms with E-state index in [-0.39, 0.29) is 5.91 Å². The van der Waals surface area contributed by atoms with Gasteiger partial charge in [-0.15, -0.1) is 0 Å². The number of carbonyl (C=O) groups excluding carboxylic acids is 1. The smallest absolute Gasteiger partial charge is 0.273 e. The first-order valence-electron chi connectivity index (χ1n) is 13.4. The van der Waals surface area contributed by atoms with Crippen molar-refractivity contribution in [2.24, 2.45) is 0 Å². The number of carbonyl (C=O) groups is 1. The molecule has 3 heterocycles. The molecule has 0 saturated heterocycles. The Labute approximate surface area is 228 Å². The molecule has 38 heavy (non-hydrogen) atoms. The maximum absolute atomic E-state index is 14.1. The highest BCUT2D eigenvalue weighted by atomic mass is 35.5. The third kappa shape index (κ3) is 4.33. The second-order valence-electron chi connectivity index (χ2n) is 10.6. The minimum atomic E-state index is -0.0971. The van der Waals surface area contributed by atoms with Crippen LogP contribution in [0.1, 0.15) is 59.8 Å². The van der Waals surface area contributed by atoms with Crippen molar-refractivity contribution in [2.45, 2.75) is 52.5 Å². The van der Waals surface area contributed by atoms with E-state index >= 15 is 0 Å². The number of hydrogen-bond acceptors (Lipinski definition) is 1. The Morgan fingerprint density at radius 2 is 1.68 bits per heavy atom. The normalized spacial score (nSPS) is 13.2. The molecule has 0 bridgehead atoms. The largest absolute Gasteiger partial charge is 0.325 e. The Morgan fingerprint density at radius 3 is 2.39 bits per heavy atom. The summed E-state index contributed by atoms with van der Waals surface area (Å²) in [4.78, 5) is 14.1. The first kappa shape index (κ1) is 24.6. The van der Waals surface area contributed by atoms with Crippen LogP contribution < -0.4 is 5.32 Å². The van der Waals surface area contributed by atoms with Crippen molar-refractivity contribution in [2.75, 3.05) is 5.32 Å². The van der Waals surface area contributed by atoms with Gasteiger partial charge in [0.2, 0.25) is 0 Å². The van der Waals surface area contributed by atoms with Gasteiger partial charge < -0.3 is 9.88 Å². The molecule has 4 nitrogen and oxygen atoms in total. The lowest BCUT2D eigenvalue weighted by atomic mass is 9.95. The quantitative estimate of drug-likeness (QED) is 0.246. The van der Waals surface area contributed by atoms with E-state index in [1.165, 1.54) is 11.1 Å². The second-order valence-corrected chi connectivity index (χ2v) is 11.1. The van der Waals surface area contributed by atoms with Gasteiger partial charge in [-0.3, -0.25) is 9.20 Å². The van der Waals surface area contributed by atoms with Crippen LogP contribution in [0.3, 0.4) is 0 Å². The van der Waals surface area contributed by atoms with E-state index < -0.39 is 0 Å². The number of rotatable bonds is 5. The zero-order valence-electron chi connectivity index (χ0n) is 22.1. The van der Waals surface area contributed by atoms with Crippen molar-refractivity contribution >= 4 is 28.8 Å². The molecule has 1 N–H and O–H groups in total. The number of nitrogens with zero attached hydrogens (tertiary/aromatic N) is 2. The summed E-state index contributed by atoms with van der Waals surface area (Å²) in [5.41, 5.74) is 10.6. The third-order valence-electron chi connectivity index (χ3n) is 7.63. The van der Waals surface area contributed by atoms with Crippen molar-refractivity contribution in [3.63, 3.8) is 0 Å². The Balaban J connectivity index is 1.59. The van der Waals surface area contributed by atoms with Crippen molar-refractivity contribution in [1.29, 1.82) is 0 Å². The van der Waals surface area contributed by atoms with E-state index in [1.807, 2.05) is 43.3 Å². The molecule has 1 aliphatic heterocycles. The maximum atomic E-state index is 14.1. The molecule has 0 spiro atoms. The van der Waals surface area contributed by atoms with Gasteiger partial charge in [-0.1, -0.05) is 74.0 Å². The molecule has 3 aromatic carbocycles. The van der Waals surface area contributed by atoms with Crippen LogP contribution >= 0.6 is 11.6 Å². The number of hydrogen-bond donors (Lipinski definition) is 1. The van der Waals surface area contributed by atoms with Crippen molar-refractivity contribution < 1.29 is 4.79 Å². The lowest BCUT2D eigenvalue weighted by molar-refractivity contribution is 0.102. The van der Waals surface area contributed by atoms with E-state index in [0.717, 1.165) is 65.1 Å². The number of halogens is 1. The van der Waals surface area contributed by atoms with Crippen LogP contribution in [0.4, 0.5) is 5.69 Å². The van der Waals surface area contributed by atoms with Crippen molar-refractivity contribution in [3.8, 4) is 22.4 Å². The van der Waals surface area contributed by atoms with Crippen LogP contribution in [0.15, 0.2) is 79.0 Å². The summed E-state index contributed by atoms with van der Waals surface area (Å²) < 4.78 is 4.52. The predicted octanol–water partition coefficient (Wildman–Crippen LogP) is 8.75. The fourth-order valence-corrected chi connectivity index (χ4v) is 5.84. The molecule has 192 valence electrons. The van der Waals surface area contributed by atoms with Gasteiger partial charge in [0.15, 0.2) is 0 Å². The Morgan fingerprint density at radius 1 is 0.947 bits per heavy atom. The number of benzene rings is 3. The number of aromatic nitrogens is 2. The minimum absolute atomic E-state index is 0.0971. The van der Waals surface area contributed by atoms with Gasteiger partial charge in [0.1, 0.15) is 11.3 Å². The predicted molar refractivity (Wildman–Crippen MR) is 157 cm³/mol. The number of imidazole rings is 1. The minimum Gasteiger partial charge on any atom is -0.325 e. The summed E-state index contributed by atoms with van der Waals surface area (Å²) in [6.07, 6.45) is 5.24. The van der Waals surface area contributed by atoms with E-state index in [9.17, 15) is 4.79 Å². The third-order valence-corrected chi connectivity index (χ3v) is 7.88. The molecule has 0 aliphatic carbocycles. The highest BCUT2D eigenvalue weighted by Crippen LogP contribution is 2.40. The van der Waals surface area contributed by atoms with Gasteiger partial charge in [0.25, 0.3) is 5.91 Å². The molecule has 0 atom stereocenters. The van der Waals surface area contributed by atoms with E-state index in [2.05, 4.69) is 70.7 Å². The summed E-state index contributed by atoms with van der Waals surface area (Å²) in [5.74, 6) is 0.356. The molecule has 5 heteroatoms. The fourth-order valence-electron chi connectivity index (χ4n) is 5.72. The first-order chi connectivity index (χ1) is 18.4. The molecule has 5 aromatic rings. The Hall–Kier alpha value is -3.76. The second kappa shape index (κ2) is 9.85. The van der Waals surface area contributed by atoms with Gasteiger partial charge >= 0.3 is 0 Å². The Bertz CT molecular complexity index is 1640. The zero-order valence-corrected chi connectivity index (χ0v) is 22.8. The monoisotopic (exact) mass is 521 g/mol. The van der Waals surface area contributed by atoms with Crippen LogP contribution in [-0.2, 0) is 13.0 Å². The van der Waals surface area contributed by atoms with E-state index in [4.69, 9.17) is 11.6 Å². The fraction of sp³-hybridized carbons (Fsp3) is 0.242. The molecule has 1 aliphatic rings. The summed E-state index contributed by atoms with van der Waals surface area (Å²) in [6.45, 7) is 7.36. The van der Waals surface area contributed by atoms with Gasteiger partial charge in [-0.2, -0.15) is 0 Å². The topological polar surface area (TPSA) is 38.4 Å². The molecule has 0 saturated carbocycles. The molecule has 0 fully saturated rings. The number of amides is 1. The van der Waals surface area contributed by atoms with Crippen LogP contribution in [0, 0.1) is 6.92 Å². The molecule has 6 rings (SSSR count). The van der Waals surface area contributed by atoms with Crippen molar-refractivity contribution in [1.82, 2.24) is 8.97 Å². The molecule has 0 unspecified atom stereocenters. The average molecular weight is 522 g/mol. The summed E-state index contributed by atoms with van der Waals surface area (Å²) >= 11 is 6.20. The molecule has 2 aromatic heterocycles. The van der Waals surface area contributed by atoms with E-state index in [0.29, 0.717) is 16.6 Å². The summed E-state index contributed by atoms with van der Waals surface area (Å²) in [5, 5.41) is 3.91. The van der Waals surface area contributed by atoms with Crippen LogP contribution in [0.2, 0.25) is 5.02 Å². The Kier molecular flexibility index (Phi) is 6.37. The summed E-state index contributed by atoms with van der Waals surface area (Å²) in [7, 11) is 0. The van der Waals surface area contributed by atoms with Crippen LogP contribution in [0.25, 0.3) is 28.0 Å². The summed E-state index contributed by atoms with van der Waals surface area (Å²) in [6, 6.07) is 24.7. The van der Waals surface area contributed by atoms with Gasteiger partial charge in [-0.05, 0) is 78.6 Å². The maximum Gasteiger partial charge on any atom is 0.273 e. The SMILES string of the molecule is Cc1cccc(NC(=O)c2c(-c3ccc(C(C)C)cc3)c3c4n(c(-c5ccc(Cl)cc5)cn24)CCCC3)c1. The molecular formula is C33H32ClN3O.